The molecule has 0 bridgehead atoms. The molecule has 0 rings (SSSR count). The molecule has 17 heavy (non-hydrogen) atoms. The van der Waals surface area contributed by atoms with Crippen molar-refractivity contribution in [3.63, 3.8) is 0 Å². The van der Waals surface area contributed by atoms with E-state index in [0.717, 1.165) is 0 Å². The number of rotatable bonds is 5. The van der Waals surface area contributed by atoms with E-state index >= 15 is 0 Å². The Morgan fingerprint density at radius 2 is 1.76 bits per heavy atom. The lowest BCUT2D eigenvalue weighted by Crippen LogP contribution is -2.46. The van der Waals surface area contributed by atoms with Crippen molar-refractivity contribution in [3.05, 3.63) is 0 Å². The third-order valence-electron chi connectivity index (χ3n) is 2.27. The van der Waals surface area contributed by atoms with Crippen molar-refractivity contribution < 1.29 is 19.5 Å². The molecule has 0 radical (unpaired) electrons. The van der Waals surface area contributed by atoms with E-state index in [2.05, 4.69) is 5.32 Å². The summed E-state index contributed by atoms with van der Waals surface area (Å²) >= 11 is 0. The number of hydrogen-bond donors (Lipinski definition) is 3. The van der Waals surface area contributed by atoms with Gasteiger partial charge in [0.25, 0.3) is 0 Å². The highest BCUT2D eigenvalue weighted by molar-refractivity contribution is 5.98. The van der Waals surface area contributed by atoms with Gasteiger partial charge >= 0.3 is 5.97 Å². The van der Waals surface area contributed by atoms with Crippen LogP contribution < -0.4 is 11.1 Å². The fourth-order valence-electron chi connectivity index (χ4n) is 1.55. The van der Waals surface area contributed by atoms with Gasteiger partial charge in [0, 0.05) is 12.5 Å². The number of carbonyl (C=O) groups excluding carboxylic acids is 2. The van der Waals surface area contributed by atoms with Gasteiger partial charge < -0.3 is 16.2 Å². The fraction of sp³-hybridized carbons (Fsp3) is 0.727. The van der Waals surface area contributed by atoms with Crippen LogP contribution in [0.5, 0.6) is 0 Å². The molecule has 0 saturated heterocycles. The third-order valence-corrected chi connectivity index (χ3v) is 2.27. The molecule has 0 spiro atoms. The summed E-state index contributed by atoms with van der Waals surface area (Å²) in [6.07, 6.45) is -0.0117. The number of primary amides is 1. The van der Waals surface area contributed by atoms with Crippen LogP contribution in [0, 0.1) is 11.3 Å². The van der Waals surface area contributed by atoms with Gasteiger partial charge in [0.1, 0.15) is 5.92 Å². The first-order chi connectivity index (χ1) is 7.55. The average Bonchev–Trinajstić information content (AvgIpc) is 1.95. The zero-order valence-electron chi connectivity index (χ0n) is 10.6. The lowest BCUT2D eigenvalue weighted by atomic mass is 9.80. The maximum Gasteiger partial charge on any atom is 0.316 e. The standard InChI is InChI=1S/C11H20N2O4/c1-6(5-7(12)14)13-9(15)8(10(16)17)11(2,3)4/h6,8H,5H2,1-4H3,(H2,12,14)(H,13,15)(H,16,17). The molecule has 98 valence electrons. The smallest absolute Gasteiger partial charge is 0.316 e. The molecule has 0 aliphatic heterocycles. The molecule has 0 heterocycles. The molecule has 0 aliphatic rings. The number of hydrogen-bond acceptors (Lipinski definition) is 3. The zero-order chi connectivity index (χ0) is 13.8. The SMILES string of the molecule is CC(CC(N)=O)NC(=O)C(C(=O)O)C(C)(C)C. The molecular weight excluding hydrogens is 224 g/mol. The van der Waals surface area contributed by atoms with E-state index < -0.39 is 35.2 Å². The van der Waals surface area contributed by atoms with Crippen LogP contribution in [0.25, 0.3) is 0 Å². The summed E-state index contributed by atoms with van der Waals surface area (Å²) in [5, 5.41) is 11.5. The van der Waals surface area contributed by atoms with Crippen molar-refractivity contribution >= 4 is 17.8 Å². The minimum atomic E-state index is -1.18. The minimum absolute atomic E-state index is 0.0117. The molecular formula is C11H20N2O4. The summed E-state index contributed by atoms with van der Waals surface area (Å²) in [4.78, 5) is 33.5. The van der Waals surface area contributed by atoms with Crippen LogP contribution in [0.1, 0.15) is 34.1 Å². The van der Waals surface area contributed by atoms with Gasteiger partial charge in [-0.05, 0) is 12.3 Å². The highest BCUT2D eigenvalue weighted by Gasteiger charge is 2.38. The predicted octanol–water partition coefficient (Wildman–Crippen LogP) is 0.113. The summed E-state index contributed by atoms with van der Waals surface area (Å²) in [5.41, 5.74) is 4.29. The fourth-order valence-corrected chi connectivity index (χ4v) is 1.55. The molecule has 0 aromatic heterocycles. The van der Waals surface area contributed by atoms with Crippen LogP contribution in [0.15, 0.2) is 0 Å². The maximum atomic E-state index is 11.8. The van der Waals surface area contributed by atoms with Crippen LogP contribution in [0.4, 0.5) is 0 Å². The lowest BCUT2D eigenvalue weighted by Gasteiger charge is -2.27. The second-order valence-corrected chi connectivity index (χ2v) is 5.22. The largest absolute Gasteiger partial charge is 0.481 e. The number of carboxylic acids is 1. The maximum absolute atomic E-state index is 11.8. The van der Waals surface area contributed by atoms with Crippen molar-refractivity contribution in [1.82, 2.24) is 5.32 Å². The van der Waals surface area contributed by atoms with E-state index in [1.54, 1.807) is 27.7 Å². The number of amides is 2. The number of carbonyl (C=O) groups is 3. The summed E-state index contributed by atoms with van der Waals surface area (Å²) in [7, 11) is 0. The number of nitrogens with two attached hydrogens (primary N) is 1. The Balaban J connectivity index is 4.66. The second kappa shape index (κ2) is 5.65. The number of carboxylic acid groups (broad SMARTS) is 1. The molecule has 2 amide bonds. The summed E-state index contributed by atoms with van der Waals surface area (Å²) < 4.78 is 0. The van der Waals surface area contributed by atoms with E-state index in [-0.39, 0.29) is 6.42 Å². The van der Waals surface area contributed by atoms with Crippen LogP contribution in [0.2, 0.25) is 0 Å². The average molecular weight is 244 g/mol. The number of aliphatic carboxylic acids is 1. The number of nitrogens with one attached hydrogen (secondary N) is 1. The zero-order valence-corrected chi connectivity index (χ0v) is 10.6. The Kier molecular flexibility index (Phi) is 5.12. The van der Waals surface area contributed by atoms with Gasteiger partial charge in [-0.1, -0.05) is 20.8 Å². The van der Waals surface area contributed by atoms with Crippen molar-refractivity contribution in [2.24, 2.45) is 17.1 Å². The first kappa shape index (κ1) is 15.4. The van der Waals surface area contributed by atoms with E-state index in [1.165, 1.54) is 0 Å². The van der Waals surface area contributed by atoms with Gasteiger partial charge in [-0.3, -0.25) is 14.4 Å². The normalized spacial score (nSPS) is 14.8. The van der Waals surface area contributed by atoms with Crippen molar-refractivity contribution in [1.29, 1.82) is 0 Å². The molecule has 2 atom stereocenters. The molecule has 6 heteroatoms. The van der Waals surface area contributed by atoms with Gasteiger partial charge in [-0.15, -0.1) is 0 Å². The van der Waals surface area contributed by atoms with Crippen molar-refractivity contribution in [2.45, 2.75) is 40.2 Å². The van der Waals surface area contributed by atoms with Crippen molar-refractivity contribution in [3.8, 4) is 0 Å². The third kappa shape index (κ3) is 5.33. The van der Waals surface area contributed by atoms with E-state index in [4.69, 9.17) is 10.8 Å². The van der Waals surface area contributed by atoms with E-state index in [9.17, 15) is 14.4 Å². The Bertz CT molecular complexity index is 320. The molecule has 6 nitrogen and oxygen atoms in total. The molecule has 0 saturated carbocycles. The van der Waals surface area contributed by atoms with Crippen molar-refractivity contribution in [2.75, 3.05) is 0 Å². The lowest BCUT2D eigenvalue weighted by molar-refractivity contribution is -0.151. The Morgan fingerprint density at radius 1 is 1.29 bits per heavy atom. The molecule has 0 fully saturated rings. The van der Waals surface area contributed by atoms with Gasteiger partial charge in [0.05, 0.1) is 0 Å². The topological polar surface area (TPSA) is 109 Å². The Morgan fingerprint density at radius 3 is 2.06 bits per heavy atom. The van der Waals surface area contributed by atoms with Gasteiger partial charge in [0.15, 0.2) is 0 Å². The highest BCUT2D eigenvalue weighted by atomic mass is 16.4. The van der Waals surface area contributed by atoms with Gasteiger partial charge in [-0.25, -0.2) is 0 Å². The predicted molar refractivity (Wildman–Crippen MR) is 62.0 cm³/mol. The molecule has 2 unspecified atom stereocenters. The molecule has 0 aliphatic carbocycles. The summed E-state index contributed by atoms with van der Waals surface area (Å²) in [6, 6.07) is -0.468. The van der Waals surface area contributed by atoms with Gasteiger partial charge in [-0.2, -0.15) is 0 Å². The quantitative estimate of drug-likeness (QED) is 0.596. The summed E-state index contributed by atoms with van der Waals surface area (Å²) in [5.74, 6) is -3.47. The minimum Gasteiger partial charge on any atom is -0.481 e. The highest BCUT2D eigenvalue weighted by Crippen LogP contribution is 2.26. The second-order valence-electron chi connectivity index (χ2n) is 5.22. The van der Waals surface area contributed by atoms with E-state index in [1.807, 2.05) is 0 Å². The monoisotopic (exact) mass is 244 g/mol. The first-order valence-corrected chi connectivity index (χ1v) is 5.37. The van der Waals surface area contributed by atoms with Crippen LogP contribution in [0.3, 0.4) is 0 Å². The Labute approximate surface area is 101 Å². The molecule has 0 aromatic rings. The van der Waals surface area contributed by atoms with E-state index in [0.29, 0.717) is 0 Å². The van der Waals surface area contributed by atoms with Gasteiger partial charge in [0.2, 0.25) is 11.8 Å². The van der Waals surface area contributed by atoms with Crippen LogP contribution in [-0.4, -0.2) is 28.9 Å². The van der Waals surface area contributed by atoms with Crippen LogP contribution >= 0.6 is 0 Å². The van der Waals surface area contributed by atoms with Crippen LogP contribution in [-0.2, 0) is 14.4 Å². The molecule has 0 aromatic carbocycles. The Hall–Kier alpha value is -1.59. The summed E-state index contributed by atoms with van der Waals surface area (Å²) in [6.45, 7) is 6.61. The first-order valence-electron chi connectivity index (χ1n) is 5.37. The molecule has 4 N–H and O–H groups in total.